The third kappa shape index (κ3) is 4.00. The average molecular weight is 294 g/mol. The lowest BCUT2D eigenvalue weighted by molar-refractivity contribution is -0.274. The van der Waals surface area contributed by atoms with Gasteiger partial charge in [0.1, 0.15) is 5.75 Å². The van der Waals surface area contributed by atoms with Crippen LogP contribution in [0.2, 0.25) is 0 Å². The largest absolute Gasteiger partial charge is 0.573 e. The van der Waals surface area contributed by atoms with Crippen LogP contribution in [0.1, 0.15) is 31.7 Å². The van der Waals surface area contributed by atoms with Crippen molar-refractivity contribution in [3.8, 4) is 16.9 Å². The first kappa shape index (κ1) is 15.4. The lowest BCUT2D eigenvalue weighted by Gasteiger charge is -2.15. The van der Waals surface area contributed by atoms with Crippen molar-refractivity contribution in [2.24, 2.45) is 0 Å². The van der Waals surface area contributed by atoms with Crippen molar-refractivity contribution in [2.45, 2.75) is 32.5 Å². The molecule has 0 radical (unpaired) electrons. The molecule has 0 N–H and O–H groups in total. The summed E-state index contributed by atoms with van der Waals surface area (Å²) in [6.07, 6.45) is -3.71. The van der Waals surface area contributed by atoms with Crippen LogP contribution in [0.3, 0.4) is 0 Å². The van der Waals surface area contributed by atoms with Crippen LogP contribution in [0.5, 0.6) is 5.75 Å². The van der Waals surface area contributed by atoms with Crippen molar-refractivity contribution in [1.82, 2.24) is 0 Å². The molecule has 4 heteroatoms. The number of hydrogen-bond donors (Lipinski definition) is 0. The van der Waals surface area contributed by atoms with Gasteiger partial charge < -0.3 is 4.74 Å². The van der Waals surface area contributed by atoms with Gasteiger partial charge in [0, 0.05) is 5.56 Å². The van der Waals surface area contributed by atoms with E-state index in [0.29, 0.717) is 11.5 Å². The molecule has 1 atom stereocenters. The number of para-hydroxylation sites is 1. The summed E-state index contributed by atoms with van der Waals surface area (Å²) in [5, 5.41) is 0. The fourth-order valence-electron chi connectivity index (χ4n) is 2.17. The van der Waals surface area contributed by atoms with Crippen LogP contribution in [0.15, 0.2) is 48.5 Å². The fraction of sp³-hybridized carbons (Fsp3) is 0.294. The second kappa shape index (κ2) is 6.20. The van der Waals surface area contributed by atoms with E-state index in [1.165, 1.54) is 12.1 Å². The molecule has 21 heavy (non-hydrogen) atoms. The van der Waals surface area contributed by atoms with Gasteiger partial charge in [-0.1, -0.05) is 56.3 Å². The molecule has 0 aliphatic carbocycles. The van der Waals surface area contributed by atoms with Crippen molar-refractivity contribution < 1.29 is 17.9 Å². The Bertz CT molecular complexity index is 605. The van der Waals surface area contributed by atoms with Crippen LogP contribution in [0.25, 0.3) is 11.1 Å². The van der Waals surface area contributed by atoms with E-state index in [1.54, 1.807) is 18.2 Å². The Morgan fingerprint density at radius 1 is 1.05 bits per heavy atom. The zero-order valence-electron chi connectivity index (χ0n) is 11.9. The summed E-state index contributed by atoms with van der Waals surface area (Å²) in [4.78, 5) is 0. The molecular weight excluding hydrogens is 277 g/mol. The maximum atomic E-state index is 12.5. The molecule has 2 rings (SSSR count). The predicted molar refractivity (Wildman–Crippen MR) is 77.3 cm³/mol. The Labute approximate surface area is 122 Å². The van der Waals surface area contributed by atoms with Crippen LogP contribution >= 0.6 is 0 Å². The second-order valence-electron chi connectivity index (χ2n) is 4.98. The number of ether oxygens (including phenoxy) is 1. The van der Waals surface area contributed by atoms with Crippen molar-refractivity contribution in [3.63, 3.8) is 0 Å². The SMILES string of the molecule is CCC(C)c1cccc(-c2ccccc2OC(F)(F)F)c1. The van der Waals surface area contributed by atoms with Crippen molar-refractivity contribution >= 4 is 0 Å². The van der Waals surface area contributed by atoms with Gasteiger partial charge in [0.2, 0.25) is 0 Å². The van der Waals surface area contributed by atoms with Gasteiger partial charge in [-0.15, -0.1) is 13.2 Å². The van der Waals surface area contributed by atoms with Gasteiger partial charge >= 0.3 is 6.36 Å². The molecule has 0 fully saturated rings. The van der Waals surface area contributed by atoms with Gasteiger partial charge in [-0.05, 0) is 29.5 Å². The molecule has 2 aromatic carbocycles. The summed E-state index contributed by atoms with van der Waals surface area (Å²) in [6, 6.07) is 13.8. The van der Waals surface area contributed by atoms with E-state index in [1.807, 2.05) is 18.2 Å². The Hall–Kier alpha value is -1.97. The lowest BCUT2D eigenvalue weighted by Crippen LogP contribution is -2.17. The zero-order valence-corrected chi connectivity index (χ0v) is 11.9. The van der Waals surface area contributed by atoms with Crippen LogP contribution in [-0.4, -0.2) is 6.36 Å². The number of alkyl halides is 3. The van der Waals surface area contributed by atoms with E-state index >= 15 is 0 Å². The van der Waals surface area contributed by atoms with Crippen molar-refractivity contribution in [3.05, 3.63) is 54.1 Å². The van der Waals surface area contributed by atoms with Gasteiger partial charge in [-0.2, -0.15) is 0 Å². The highest BCUT2D eigenvalue weighted by molar-refractivity contribution is 5.71. The molecule has 0 bridgehead atoms. The molecular formula is C17H17F3O. The first-order valence-electron chi connectivity index (χ1n) is 6.86. The highest BCUT2D eigenvalue weighted by Crippen LogP contribution is 2.35. The van der Waals surface area contributed by atoms with Crippen molar-refractivity contribution in [2.75, 3.05) is 0 Å². The number of benzene rings is 2. The third-order valence-electron chi connectivity index (χ3n) is 3.49. The highest BCUT2D eigenvalue weighted by Gasteiger charge is 2.32. The van der Waals surface area contributed by atoms with Crippen LogP contribution in [0.4, 0.5) is 13.2 Å². The maximum Gasteiger partial charge on any atom is 0.573 e. The van der Waals surface area contributed by atoms with E-state index in [4.69, 9.17) is 0 Å². The smallest absolute Gasteiger partial charge is 0.405 e. The molecule has 1 nitrogen and oxygen atoms in total. The van der Waals surface area contributed by atoms with Gasteiger partial charge in [0.25, 0.3) is 0 Å². The molecule has 112 valence electrons. The van der Waals surface area contributed by atoms with Crippen LogP contribution < -0.4 is 4.74 Å². The Morgan fingerprint density at radius 2 is 1.76 bits per heavy atom. The summed E-state index contributed by atoms with van der Waals surface area (Å²) in [5.74, 6) is 0.187. The maximum absolute atomic E-state index is 12.5. The molecule has 0 amide bonds. The van der Waals surface area contributed by atoms with E-state index < -0.39 is 6.36 Å². The third-order valence-corrected chi connectivity index (χ3v) is 3.49. The van der Waals surface area contributed by atoms with E-state index in [9.17, 15) is 13.2 Å². The Morgan fingerprint density at radius 3 is 2.43 bits per heavy atom. The molecule has 0 spiro atoms. The van der Waals surface area contributed by atoms with Gasteiger partial charge in [-0.25, -0.2) is 0 Å². The van der Waals surface area contributed by atoms with E-state index in [2.05, 4.69) is 18.6 Å². The molecule has 0 heterocycles. The molecule has 0 aromatic heterocycles. The Balaban J connectivity index is 2.42. The first-order valence-corrected chi connectivity index (χ1v) is 6.86. The van der Waals surface area contributed by atoms with Crippen LogP contribution in [0, 0.1) is 0 Å². The quantitative estimate of drug-likeness (QED) is 0.696. The minimum atomic E-state index is -4.69. The lowest BCUT2D eigenvalue weighted by atomic mass is 9.94. The van der Waals surface area contributed by atoms with E-state index in [-0.39, 0.29) is 5.75 Å². The normalized spacial score (nSPS) is 13.0. The monoisotopic (exact) mass is 294 g/mol. The molecule has 0 aliphatic rings. The zero-order chi connectivity index (χ0) is 15.5. The molecule has 0 saturated heterocycles. The van der Waals surface area contributed by atoms with Gasteiger partial charge in [0.05, 0.1) is 0 Å². The summed E-state index contributed by atoms with van der Waals surface area (Å²) in [5.41, 5.74) is 2.28. The number of halogens is 3. The Kier molecular flexibility index (Phi) is 4.56. The molecule has 2 aromatic rings. The highest BCUT2D eigenvalue weighted by atomic mass is 19.4. The second-order valence-corrected chi connectivity index (χ2v) is 4.98. The molecule has 0 saturated carbocycles. The standard InChI is InChI=1S/C17H17F3O/c1-3-12(2)13-7-6-8-14(11-13)15-9-4-5-10-16(15)21-17(18,19)20/h4-12H,3H2,1-2H3. The summed E-state index contributed by atoms with van der Waals surface area (Å²) in [7, 11) is 0. The predicted octanol–water partition coefficient (Wildman–Crippen LogP) is 5.77. The topological polar surface area (TPSA) is 9.23 Å². The minimum Gasteiger partial charge on any atom is -0.405 e. The summed E-state index contributed by atoms with van der Waals surface area (Å²) in [6.45, 7) is 4.18. The number of rotatable bonds is 4. The van der Waals surface area contributed by atoms with Crippen molar-refractivity contribution in [1.29, 1.82) is 0 Å². The summed E-state index contributed by atoms with van der Waals surface area (Å²) < 4.78 is 41.5. The van der Waals surface area contributed by atoms with E-state index in [0.717, 1.165) is 17.5 Å². The summed E-state index contributed by atoms with van der Waals surface area (Å²) >= 11 is 0. The van der Waals surface area contributed by atoms with Gasteiger partial charge in [0.15, 0.2) is 0 Å². The van der Waals surface area contributed by atoms with Gasteiger partial charge in [-0.3, -0.25) is 0 Å². The molecule has 0 aliphatic heterocycles. The fourth-order valence-corrected chi connectivity index (χ4v) is 2.17. The average Bonchev–Trinajstić information content (AvgIpc) is 2.45. The number of hydrogen-bond acceptors (Lipinski definition) is 1. The minimum absolute atomic E-state index is 0.175. The first-order chi connectivity index (χ1) is 9.90. The van der Waals surface area contributed by atoms with Crippen LogP contribution in [-0.2, 0) is 0 Å². The molecule has 1 unspecified atom stereocenters.